The number of carbonyl (C=O) groups excluding carboxylic acids is 1. The van der Waals surface area contributed by atoms with Crippen molar-refractivity contribution in [1.82, 2.24) is 4.98 Å². The van der Waals surface area contributed by atoms with Crippen LogP contribution in [0.2, 0.25) is 0 Å². The number of esters is 1. The Balaban J connectivity index is 3.15. The van der Waals surface area contributed by atoms with Gasteiger partial charge in [-0.15, -0.1) is 0 Å². The van der Waals surface area contributed by atoms with E-state index in [0.29, 0.717) is 0 Å². The van der Waals surface area contributed by atoms with Gasteiger partial charge in [-0.05, 0) is 6.07 Å². The highest BCUT2D eigenvalue weighted by Crippen LogP contribution is 2.10. The van der Waals surface area contributed by atoms with Gasteiger partial charge in [-0.2, -0.15) is 0 Å². The SMILES string of the molecule is COC(=O)c1nccc(CO)c1F. The molecule has 0 unspecified atom stereocenters. The van der Waals surface area contributed by atoms with Crippen LogP contribution in [0.5, 0.6) is 0 Å². The highest BCUT2D eigenvalue weighted by Gasteiger charge is 2.16. The zero-order chi connectivity index (χ0) is 9.84. The zero-order valence-corrected chi connectivity index (χ0v) is 6.95. The van der Waals surface area contributed by atoms with Crippen LogP contribution < -0.4 is 0 Å². The number of hydrogen-bond acceptors (Lipinski definition) is 4. The Morgan fingerprint density at radius 3 is 3.00 bits per heavy atom. The van der Waals surface area contributed by atoms with Crippen molar-refractivity contribution in [2.24, 2.45) is 0 Å². The van der Waals surface area contributed by atoms with E-state index < -0.39 is 24.1 Å². The lowest BCUT2D eigenvalue weighted by atomic mass is 10.2. The van der Waals surface area contributed by atoms with Gasteiger partial charge in [-0.3, -0.25) is 0 Å². The molecule has 1 N–H and O–H groups in total. The molecule has 70 valence electrons. The van der Waals surface area contributed by atoms with Gasteiger partial charge < -0.3 is 9.84 Å². The van der Waals surface area contributed by atoms with E-state index in [4.69, 9.17) is 5.11 Å². The van der Waals surface area contributed by atoms with E-state index in [9.17, 15) is 9.18 Å². The van der Waals surface area contributed by atoms with E-state index in [1.54, 1.807) is 0 Å². The molecule has 0 bridgehead atoms. The smallest absolute Gasteiger partial charge is 0.359 e. The second kappa shape index (κ2) is 3.95. The molecule has 13 heavy (non-hydrogen) atoms. The molecule has 1 heterocycles. The summed E-state index contributed by atoms with van der Waals surface area (Å²) in [7, 11) is 1.13. The van der Waals surface area contributed by atoms with Crippen LogP contribution in [0.25, 0.3) is 0 Å². The second-order valence-corrected chi connectivity index (χ2v) is 2.28. The number of halogens is 1. The molecule has 1 rings (SSSR count). The van der Waals surface area contributed by atoms with Crippen LogP contribution >= 0.6 is 0 Å². The van der Waals surface area contributed by atoms with E-state index in [1.807, 2.05) is 0 Å². The van der Waals surface area contributed by atoms with Crippen LogP contribution in [0.4, 0.5) is 4.39 Å². The fraction of sp³-hybridized carbons (Fsp3) is 0.250. The maximum atomic E-state index is 13.2. The van der Waals surface area contributed by atoms with Gasteiger partial charge in [0.2, 0.25) is 0 Å². The van der Waals surface area contributed by atoms with Gasteiger partial charge >= 0.3 is 5.97 Å². The lowest BCUT2D eigenvalue weighted by Gasteiger charge is -2.02. The quantitative estimate of drug-likeness (QED) is 0.681. The van der Waals surface area contributed by atoms with Gasteiger partial charge in [0.15, 0.2) is 11.5 Å². The molecular weight excluding hydrogens is 177 g/mol. The largest absolute Gasteiger partial charge is 0.464 e. The van der Waals surface area contributed by atoms with Gasteiger partial charge in [-0.25, -0.2) is 14.2 Å². The number of rotatable bonds is 2. The fourth-order valence-corrected chi connectivity index (χ4v) is 0.845. The summed E-state index contributed by atoms with van der Waals surface area (Å²) >= 11 is 0. The third-order valence-corrected chi connectivity index (χ3v) is 1.52. The first-order chi connectivity index (χ1) is 6.20. The summed E-state index contributed by atoms with van der Waals surface area (Å²) in [4.78, 5) is 14.4. The Labute approximate surface area is 74.0 Å². The molecular formula is C8H8FNO3. The Kier molecular flexibility index (Phi) is 2.92. The molecule has 0 atom stereocenters. The van der Waals surface area contributed by atoms with Gasteiger partial charge in [0, 0.05) is 11.8 Å². The minimum absolute atomic E-state index is 0.0235. The molecule has 1 aromatic heterocycles. The molecule has 0 saturated heterocycles. The van der Waals surface area contributed by atoms with E-state index in [0.717, 1.165) is 7.11 Å². The predicted octanol–water partition coefficient (Wildman–Crippen LogP) is 0.500. The molecule has 0 spiro atoms. The molecule has 0 aliphatic rings. The lowest BCUT2D eigenvalue weighted by molar-refractivity contribution is 0.0587. The molecule has 0 saturated carbocycles. The van der Waals surface area contributed by atoms with Crippen LogP contribution in [0.3, 0.4) is 0 Å². The van der Waals surface area contributed by atoms with Gasteiger partial charge in [0.25, 0.3) is 0 Å². The lowest BCUT2D eigenvalue weighted by Crippen LogP contribution is -2.09. The van der Waals surface area contributed by atoms with E-state index in [2.05, 4.69) is 9.72 Å². The highest BCUT2D eigenvalue weighted by molar-refractivity contribution is 5.87. The maximum Gasteiger partial charge on any atom is 0.359 e. The topological polar surface area (TPSA) is 59.4 Å². The molecule has 0 radical (unpaired) electrons. The summed E-state index contributed by atoms with van der Waals surface area (Å²) in [5, 5.41) is 8.68. The van der Waals surface area contributed by atoms with Crippen molar-refractivity contribution < 1.29 is 19.0 Å². The number of hydrogen-bond donors (Lipinski definition) is 1. The van der Waals surface area contributed by atoms with Crippen LogP contribution in [-0.4, -0.2) is 23.2 Å². The minimum atomic E-state index is -0.854. The van der Waals surface area contributed by atoms with E-state index in [-0.39, 0.29) is 5.56 Å². The summed E-state index contributed by atoms with van der Waals surface area (Å²) in [5.74, 6) is -1.69. The minimum Gasteiger partial charge on any atom is -0.464 e. The Morgan fingerprint density at radius 1 is 1.77 bits per heavy atom. The first-order valence-corrected chi connectivity index (χ1v) is 3.53. The first kappa shape index (κ1) is 9.60. The van der Waals surface area contributed by atoms with Gasteiger partial charge in [-0.1, -0.05) is 0 Å². The summed E-state index contributed by atoms with van der Waals surface area (Å²) < 4.78 is 17.5. The third-order valence-electron chi connectivity index (χ3n) is 1.52. The Morgan fingerprint density at radius 2 is 2.46 bits per heavy atom. The van der Waals surface area contributed by atoms with Crippen LogP contribution in [0.1, 0.15) is 16.1 Å². The van der Waals surface area contributed by atoms with Crippen molar-refractivity contribution in [2.75, 3.05) is 7.11 Å². The average Bonchev–Trinajstić information content (AvgIpc) is 2.17. The number of aliphatic hydroxyl groups is 1. The normalized spacial score (nSPS) is 9.77. The molecule has 0 aliphatic carbocycles. The van der Waals surface area contributed by atoms with Crippen molar-refractivity contribution in [3.8, 4) is 0 Å². The number of aromatic nitrogens is 1. The van der Waals surface area contributed by atoms with E-state index >= 15 is 0 Å². The number of ether oxygens (including phenoxy) is 1. The molecule has 4 nitrogen and oxygen atoms in total. The molecule has 5 heteroatoms. The summed E-state index contributed by atoms with van der Waals surface area (Å²) in [6.45, 7) is -0.474. The van der Waals surface area contributed by atoms with Crippen LogP contribution in [0.15, 0.2) is 12.3 Å². The number of pyridine rings is 1. The Hall–Kier alpha value is -1.49. The van der Waals surface area contributed by atoms with Crippen molar-refractivity contribution in [3.05, 3.63) is 29.3 Å². The Bertz CT molecular complexity index is 327. The summed E-state index contributed by atoms with van der Waals surface area (Å²) in [6.07, 6.45) is 1.24. The van der Waals surface area contributed by atoms with Crippen molar-refractivity contribution in [3.63, 3.8) is 0 Å². The highest BCUT2D eigenvalue weighted by atomic mass is 19.1. The third kappa shape index (κ3) is 1.81. The zero-order valence-electron chi connectivity index (χ0n) is 6.95. The number of nitrogens with zero attached hydrogens (tertiary/aromatic N) is 1. The average molecular weight is 185 g/mol. The number of aliphatic hydroxyl groups excluding tert-OH is 1. The number of methoxy groups -OCH3 is 1. The summed E-state index contributed by atoms with van der Waals surface area (Å²) in [5.41, 5.74) is -0.385. The van der Waals surface area contributed by atoms with Gasteiger partial charge in [0.05, 0.1) is 13.7 Å². The molecule has 0 fully saturated rings. The monoisotopic (exact) mass is 185 g/mol. The maximum absolute atomic E-state index is 13.2. The fourth-order valence-electron chi connectivity index (χ4n) is 0.845. The van der Waals surface area contributed by atoms with Gasteiger partial charge in [0.1, 0.15) is 0 Å². The van der Waals surface area contributed by atoms with Crippen molar-refractivity contribution >= 4 is 5.97 Å². The second-order valence-electron chi connectivity index (χ2n) is 2.28. The van der Waals surface area contributed by atoms with Crippen molar-refractivity contribution in [2.45, 2.75) is 6.61 Å². The molecule has 0 aromatic carbocycles. The molecule has 0 aliphatic heterocycles. The molecule has 1 aromatic rings. The van der Waals surface area contributed by atoms with Crippen LogP contribution in [-0.2, 0) is 11.3 Å². The first-order valence-electron chi connectivity index (χ1n) is 3.53. The summed E-state index contributed by atoms with van der Waals surface area (Å²) in [6, 6.07) is 1.29. The van der Waals surface area contributed by atoms with E-state index in [1.165, 1.54) is 12.3 Å². The predicted molar refractivity (Wildman–Crippen MR) is 41.5 cm³/mol. The number of carbonyl (C=O) groups is 1. The molecule has 0 amide bonds. The van der Waals surface area contributed by atoms with Crippen LogP contribution in [0, 0.1) is 5.82 Å². The van der Waals surface area contributed by atoms with Crippen molar-refractivity contribution in [1.29, 1.82) is 0 Å². The standard InChI is InChI=1S/C8H8FNO3/c1-13-8(12)7-6(9)5(4-11)2-3-10-7/h2-3,11H,4H2,1H3.